The Kier molecular flexibility index (Phi) is 2.99. The molecule has 0 amide bonds. The number of hydrogen-bond acceptors (Lipinski definition) is 4. The quantitative estimate of drug-likeness (QED) is 0.721. The lowest BCUT2D eigenvalue weighted by atomic mass is 10.2. The van der Waals surface area contributed by atoms with Crippen molar-refractivity contribution in [2.75, 3.05) is 36.0 Å². The van der Waals surface area contributed by atoms with E-state index in [1.807, 2.05) is 18.2 Å². The average molecular weight is 279 g/mol. The van der Waals surface area contributed by atoms with Crippen molar-refractivity contribution < 1.29 is 4.52 Å². The molecule has 0 bridgehead atoms. The largest absolute Gasteiger partial charge is 0.368 e. The molecule has 0 unspecified atom stereocenters. The van der Waals surface area contributed by atoms with Gasteiger partial charge >= 0.3 is 0 Å². The molecule has 1 saturated heterocycles. The van der Waals surface area contributed by atoms with Crippen LogP contribution in [0, 0.1) is 0 Å². The number of para-hydroxylation sites is 2. The lowest BCUT2D eigenvalue weighted by Gasteiger charge is -2.36. The van der Waals surface area contributed by atoms with E-state index in [-0.39, 0.29) is 0 Å². The molecular weight excluding hydrogens is 262 g/mol. The summed E-state index contributed by atoms with van der Waals surface area (Å²) in [5.74, 6) is 0.971. The Bertz CT molecular complexity index is 730. The summed E-state index contributed by atoms with van der Waals surface area (Å²) in [5, 5.41) is 5.35. The number of piperazine rings is 1. The maximum absolute atomic E-state index is 5.41. The van der Waals surface area contributed by atoms with E-state index in [2.05, 4.69) is 51.4 Å². The molecular formula is C17H17N3O. The topological polar surface area (TPSA) is 32.5 Å². The van der Waals surface area contributed by atoms with Gasteiger partial charge in [-0.05, 0) is 24.3 Å². The Balaban J connectivity index is 1.53. The van der Waals surface area contributed by atoms with Gasteiger partial charge in [-0.15, -0.1) is 0 Å². The highest BCUT2D eigenvalue weighted by molar-refractivity contribution is 5.88. The summed E-state index contributed by atoms with van der Waals surface area (Å²) in [5.41, 5.74) is 2.15. The first-order chi connectivity index (χ1) is 10.4. The molecule has 106 valence electrons. The van der Waals surface area contributed by atoms with E-state index in [1.165, 1.54) is 5.69 Å². The molecule has 21 heavy (non-hydrogen) atoms. The Morgan fingerprint density at radius 3 is 2.24 bits per heavy atom. The Morgan fingerprint density at radius 1 is 0.762 bits per heavy atom. The van der Waals surface area contributed by atoms with Gasteiger partial charge in [-0.25, -0.2) is 0 Å². The zero-order chi connectivity index (χ0) is 14.1. The molecule has 1 aromatic heterocycles. The monoisotopic (exact) mass is 279 g/mol. The maximum Gasteiger partial charge on any atom is 0.180 e. The zero-order valence-corrected chi connectivity index (χ0v) is 11.8. The van der Waals surface area contributed by atoms with E-state index >= 15 is 0 Å². The summed E-state index contributed by atoms with van der Waals surface area (Å²) in [7, 11) is 0. The first kappa shape index (κ1) is 12.3. The molecule has 4 heteroatoms. The predicted octanol–water partition coefficient (Wildman–Crippen LogP) is 3.15. The highest BCUT2D eigenvalue weighted by atomic mass is 16.5. The third kappa shape index (κ3) is 2.23. The average Bonchev–Trinajstić information content (AvgIpc) is 3.00. The first-order valence-corrected chi connectivity index (χ1v) is 7.31. The number of aromatic nitrogens is 1. The summed E-state index contributed by atoms with van der Waals surface area (Å²) in [4.78, 5) is 4.73. The molecule has 0 saturated carbocycles. The number of benzene rings is 2. The van der Waals surface area contributed by atoms with E-state index in [1.54, 1.807) is 0 Å². The van der Waals surface area contributed by atoms with Crippen LogP contribution in [0.15, 0.2) is 59.1 Å². The van der Waals surface area contributed by atoms with Crippen molar-refractivity contribution in [2.45, 2.75) is 0 Å². The van der Waals surface area contributed by atoms with Crippen LogP contribution in [0.1, 0.15) is 0 Å². The molecule has 0 radical (unpaired) electrons. The minimum atomic E-state index is 0.859. The highest BCUT2D eigenvalue weighted by Gasteiger charge is 2.21. The SMILES string of the molecule is c1ccc(N2CCN(c3noc4ccccc34)CC2)cc1. The molecule has 3 aromatic rings. The fourth-order valence-electron chi connectivity index (χ4n) is 2.92. The summed E-state index contributed by atoms with van der Waals surface area (Å²) >= 11 is 0. The molecule has 4 nitrogen and oxygen atoms in total. The Labute approximate surface area is 123 Å². The van der Waals surface area contributed by atoms with E-state index in [9.17, 15) is 0 Å². The number of rotatable bonds is 2. The van der Waals surface area contributed by atoms with Gasteiger partial charge in [0.25, 0.3) is 0 Å². The van der Waals surface area contributed by atoms with Crippen LogP contribution in [-0.4, -0.2) is 31.3 Å². The van der Waals surface area contributed by atoms with E-state index in [0.29, 0.717) is 0 Å². The summed E-state index contributed by atoms with van der Waals surface area (Å²) in [6.07, 6.45) is 0. The first-order valence-electron chi connectivity index (χ1n) is 7.31. The molecule has 2 heterocycles. The fraction of sp³-hybridized carbons (Fsp3) is 0.235. The lowest BCUT2D eigenvalue weighted by molar-refractivity contribution is 0.453. The smallest absolute Gasteiger partial charge is 0.180 e. The van der Waals surface area contributed by atoms with E-state index < -0.39 is 0 Å². The number of nitrogens with zero attached hydrogens (tertiary/aromatic N) is 3. The van der Waals surface area contributed by atoms with Gasteiger partial charge in [-0.1, -0.05) is 35.5 Å². The van der Waals surface area contributed by atoms with Crippen LogP contribution in [0.25, 0.3) is 11.0 Å². The van der Waals surface area contributed by atoms with Crippen molar-refractivity contribution >= 4 is 22.5 Å². The van der Waals surface area contributed by atoms with Crippen LogP contribution >= 0.6 is 0 Å². The Morgan fingerprint density at radius 2 is 1.43 bits per heavy atom. The summed E-state index contributed by atoms with van der Waals surface area (Å²) < 4.78 is 5.41. The van der Waals surface area contributed by atoms with Gasteiger partial charge in [0.15, 0.2) is 11.4 Å². The van der Waals surface area contributed by atoms with E-state index in [4.69, 9.17) is 4.52 Å². The van der Waals surface area contributed by atoms with Crippen molar-refractivity contribution in [3.05, 3.63) is 54.6 Å². The van der Waals surface area contributed by atoms with Gasteiger partial charge in [0, 0.05) is 31.9 Å². The predicted molar refractivity (Wildman–Crippen MR) is 84.9 cm³/mol. The van der Waals surface area contributed by atoms with Gasteiger partial charge in [0.1, 0.15) is 0 Å². The fourth-order valence-corrected chi connectivity index (χ4v) is 2.92. The second-order valence-corrected chi connectivity index (χ2v) is 5.31. The van der Waals surface area contributed by atoms with Crippen molar-refractivity contribution in [2.24, 2.45) is 0 Å². The lowest BCUT2D eigenvalue weighted by Crippen LogP contribution is -2.46. The molecule has 1 fully saturated rings. The van der Waals surface area contributed by atoms with Crippen molar-refractivity contribution in [1.82, 2.24) is 5.16 Å². The molecule has 0 N–H and O–H groups in total. The number of hydrogen-bond donors (Lipinski definition) is 0. The molecule has 2 aromatic carbocycles. The van der Waals surface area contributed by atoms with Gasteiger partial charge in [-0.3, -0.25) is 0 Å². The Hall–Kier alpha value is -2.49. The molecule has 0 aliphatic carbocycles. The van der Waals surface area contributed by atoms with Crippen molar-refractivity contribution in [3.8, 4) is 0 Å². The third-order valence-electron chi connectivity index (χ3n) is 4.06. The van der Waals surface area contributed by atoms with Crippen LogP contribution < -0.4 is 9.80 Å². The van der Waals surface area contributed by atoms with Gasteiger partial charge in [-0.2, -0.15) is 0 Å². The molecule has 0 spiro atoms. The van der Waals surface area contributed by atoms with Crippen LogP contribution in [0.3, 0.4) is 0 Å². The van der Waals surface area contributed by atoms with Gasteiger partial charge < -0.3 is 14.3 Å². The van der Waals surface area contributed by atoms with Gasteiger partial charge in [0.2, 0.25) is 0 Å². The standard InChI is InChI=1S/C17H17N3O/c1-2-6-14(7-3-1)19-10-12-20(13-11-19)17-15-8-4-5-9-16(15)21-18-17/h1-9H,10-13H2. The van der Waals surface area contributed by atoms with E-state index in [0.717, 1.165) is 43.0 Å². The second-order valence-electron chi connectivity index (χ2n) is 5.31. The molecule has 1 aliphatic rings. The summed E-state index contributed by atoms with van der Waals surface area (Å²) in [6, 6.07) is 18.6. The second kappa shape index (κ2) is 5.13. The minimum absolute atomic E-state index is 0.859. The van der Waals surface area contributed by atoms with Crippen LogP contribution in [0.5, 0.6) is 0 Å². The molecule has 4 rings (SSSR count). The number of anilines is 2. The molecule has 0 atom stereocenters. The third-order valence-corrected chi connectivity index (χ3v) is 4.06. The van der Waals surface area contributed by atoms with Crippen LogP contribution in [0.4, 0.5) is 11.5 Å². The minimum Gasteiger partial charge on any atom is -0.368 e. The highest BCUT2D eigenvalue weighted by Crippen LogP contribution is 2.27. The van der Waals surface area contributed by atoms with Crippen molar-refractivity contribution in [3.63, 3.8) is 0 Å². The number of fused-ring (bicyclic) bond motifs is 1. The maximum atomic E-state index is 5.41. The van der Waals surface area contributed by atoms with Gasteiger partial charge in [0.05, 0.1) is 5.39 Å². The van der Waals surface area contributed by atoms with Crippen LogP contribution in [0.2, 0.25) is 0 Å². The van der Waals surface area contributed by atoms with Crippen LogP contribution in [-0.2, 0) is 0 Å². The summed E-state index contributed by atoms with van der Waals surface area (Å²) in [6.45, 7) is 3.94. The molecule has 1 aliphatic heterocycles. The van der Waals surface area contributed by atoms with Crippen molar-refractivity contribution in [1.29, 1.82) is 0 Å². The zero-order valence-electron chi connectivity index (χ0n) is 11.8. The normalized spacial score (nSPS) is 15.6.